The summed E-state index contributed by atoms with van der Waals surface area (Å²) in [6, 6.07) is 6.69. The highest BCUT2D eigenvalue weighted by atomic mass is 32.1. The number of nitrogens with one attached hydrogen (secondary N) is 2. The molecule has 1 fully saturated rings. The van der Waals surface area contributed by atoms with Crippen LogP contribution in [-0.2, 0) is 16.0 Å². The third-order valence-electron chi connectivity index (χ3n) is 4.56. The first-order valence-corrected chi connectivity index (χ1v) is 9.14. The Morgan fingerprint density at radius 2 is 2.16 bits per heavy atom. The van der Waals surface area contributed by atoms with Gasteiger partial charge in [0.1, 0.15) is 5.82 Å². The summed E-state index contributed by atoms with van der Waals surface area (Å²) in [4.78, 5) is 18.0. The number of hydrogen-bond donors (Lipinski definition) is 2. The Morgan fingerprint density at radius 1 is 1.40 bits per heavy atom. The van der Waals surface area contributed by atoms with Crippen molar-refractivity contribution in [3.05, 3.63) is 46.7 Å². The lowest BCUT2D eigenvalue weighted by Gasteiger charge is -2.35. The lowest BCUT2D eigenvalue weighted by Crippen LogP contribution is -2.47. The second kappa shape index (κ2) is 8.03. The molecule has 1 aliphatic rings. The first-order valence-electron chi connectivity index (χ1n) is 8.32. The zero-order chi connectivity index (χ0) is 17.7. The van der Waals surface area contributed by atoms with Crippen LogP contribution in [0.5, 0.6) is 0 Å². The van der Waals surface area contributed by atoms with Crippen LogP contribution in [0, 0.1) is 11.2 Å². The highest BCUT2D eigenvalue weighted by Gasteiger charge is 2.40. The van der Waals surface area contributed by atoms with Gasteiger partial charge in [0.25, 0.3) is 0 Å². The third kappa shape index (κ3) is 4.23. The van der Waals surface area contributed by atoms with Crippen LogP contribution in [0.4, 0.5) is 9.52 Å². The summed E-state index contributed by atoms with van der Waals surface area (Å²) in [5, 5.41) is 6.74. The molecule has 0 spiro atoms. The molecular weight excluding hydrogens is 341 g/mol. The summed E-state index contributed by atoms with van der Waals surface area (Å²) in [6.45, 7) is 1.99. The number of anilines is 1. The standard InChI is InChI=1S/C18H22FN3O2S/c1-24-12-18(6-8-20-9-7-18)16(23)22-17-21-11-14(25-17)10-13-4-2-3-5-15(13)19/h2-5,11,20H,6-10,12H2,1H3,(H,21,22,23). The van der Waals surface area contributed by atoms with Crippen molar-refractivity contribution in [3.8, 4) is 0 Å². The van der Waals surface area contributed by atoms with E-state index >= 15 is 0 Å². The van der Waals surface area contributed by atoms with Crippen molar-refractivity contribution < 1.29 is 13.9 Å². The summed E-state index contributed by atoms with van der Waals surface area (Å²) >= 11 is 1.38. The summed E-state index contributed by atoms with van der Waals surface area (Å²) in [7, 11) is 1.62. The number of carbonyl (C=O) groups is 1. The van der Waals surface area contributed by atoms with Crippen LogP contribution in [0.25, 0.3) is 0 Å². The molecule has 1 aliphatic heterocycles. The summed E-state index contributed by atoms with van der Waals surface area (Å²) in [5.74, 6) is -0.280. The Morgan fingerprint density at radius 3 is 2.88 bits per heavy atom. The smallest absolute Gasteiger partial charge is 0.234 e. The summed E-state index contributed by atoms with van der Waals surface area (Å²) < 4.78 is 19.1. The molecule has 0 radical (unpaired) electrons. The molecule has 0 aliphatic carbocycles. The highest BCUT2D eigenvalue weighted by Crippen LogP contribution is 2.32. The van der Waals surface area contributed by atoms with Crippen LogP contribution < -0.4 is 10.6 Å². The number of benzene rings is 1. The maximum Gasteiger partial charge on any atom is 0.234 e. The van der Waals surface area contributed by atoms with E-state index in [2.05, 4.69) is 15.6 Å². The number of nitrogens with zero attached hydrogens (tertiary/aromatic N) is 1. The van der Waals surface area contributed by atoms with E-state index in [1.807, 2.05) is 6.07 Å². The molecule has 134 valence electrons. The van der Waals surface area contributed by atoms with Gasteiger partial charge in [0, 0.05) is 24.6 Å². The van der Waals surface area contributed by atoms with Crippen molar-refractivity contribution in [3.63, 3.8) is 0 Å². The van der Waals surface area contributed by atoms with Gasteiger partial charge in [0.15, 0.2) is 5.13 Å². The van der Waals surface area contributed by atoms with Gasteiger partial charge in [-0.2, -0.15) is 0 Å². The van der Waals surface area contributed by atoms with E-state index in [0.717, 1.165) is 30.8 Å². The molecule has 2 heterocycles. The van der Waals surface area contributed by atoms with Gasteiger partial charge in [-0.25, -0.2) is 9.37 Å². The first-order chi connectivity index (χ1) is 12.1. The third-order valence-corrected chi connectivity index (χ3v) is 5.47. The Hall–Kier alpha value is -1.83. The molecule has 0 saturated carbocycles. The number of rotatable bonds is 6. The minimum atomic E-state index is -0.516. The molecule has 0 bridgehead atoms. The molecule has 1 aromatic carbocycles. The lowest BCUT2D eigenvalue weighted by molar-refractivity contribution is -0.130. The second-order valence-corrected chi connectivity index (χ2v) is 7.43. The van der Waals surface area contributed by atoms with Crippen molar-refractivity contribution in [2.75, 3.05) is 32.1 Å². The Kier molecular flexibility index (Phi) is 5.78. The van der Waals surface area contributed by atoms with E-state index in [-0.39, 0.29) is 11.7 Å². The van der Waals surface area contributed by atoms with Gasteiger partial charge in [-0.3, -0.25) is 4.79 Å². The normalized spacial score (nSPS) is 16.6. The number of halogens is 1. The quantitative estimate of drug-likeness (QED) is 0.828. The number of amides is 1. The number of ether oxygens (including phenoxy) is 1. The predicted octanol–water partition coefficient (Wildman–Crippen LogP) is 2.83. The highest BCUT2D eigenvalue weighted by molar-refractivity contribution is 7.15. The number of hydrogen-bond acceptors (Lipinski definition) is 5. The molecule has 25 heavy (non-hydrogen) atoms. The van der Waals surface area contributed by atoms with Gasteiger partial charge in [-0.1, -0.05) is 18.2 Å². The molecule has 1 amide bonds. The fourth-order valence-electron chi connectivity index (χ4n) is 3.12. The average Bonchev–Trinajstić information content (AvgIpc) is 3.05. The van der Waals surface area contributed by atoms with Crippen LogP contribution >= 0.6 is 11.3 Å². The molecule has 1 saturated heterocycles. The SMILES string of the molecule is COCC1(C(=O)Nc2ncc(Cc3ccccc3F)s2)CCNCC1. The van der Waals surface area contributed by atoms with Crippen LogP contribution in [0.3, 0.4) is 0 Å². The minimum Gasteiger partial charge on any atom is -0.384 e. The summed E-state index contributed by atoms with van der Waals surface area (Å²) in [6.07, 6.45) is 3.63. The molecule has 0 unspecified atom stereocenters. The maximum atomic E-state index is 13.8. The van der Waals surface area contributed by atoms with E-state index in [1.165, 1.54) is 17.4 Å². The number of piperidine rings is 1. The number of methoxy groups -OCH3 is 1. The van der Waals surface area contributed by atoms with Crippen molar-refractivity contribution in [2.24, 2.45) is 5.41 Å². The Labute approximate surface area is 150 Å². The zero-order valence-corrected chi connectivity index (χ0v) is 15.0. The minimum absolute atomic E-state index is 0.0531. The molecule has 5 nitrogen and oxygen atoms in total. The van der Waals surface area contributed by atoms with Gasteiger partial charge >= 0.3 is 0 Å². The van der Waals surface area contributed by atoms with Gasteiger partial charge in [-0.05, 0) is 37.6 Å². The van der Waals surface area contributed by atoms with Gasteiger partial charge < -0.3 is 15.4 Å². The van der Waals surface area contributed by atoms with Crippen LogP contribution in [0.15, 0.2) is 30.5 Å². The van der Waals surface area contributed by atoms with Crippen molar-refractivity contribution in [1.82, 2.24) is 10.3 Å². The molecule has 2 aromatic rings. The number of thiazole rings is 1. The monoisotopic (exact) mass is 363 g/mol. The Balaban J connectivity index is 1.68. The number of aromatic nitrogens is 1. The van der Waals surface area contributed by atoms with E-state index in [1.54, 1.807) is 25.4 Å². The van der Waals surface area contributed by atoms with Crippen molar-refractivity contribution in [1.29, 1.82) is 0 Å². The van der Waals surface area contributed by atoms with E-state index < -0.39 is 5.41 Å². The molecule has 2 N–H and O–H groups in total. The molecule has 3 rings (SSSR count). The fraction of sp³-hybridized carbons (Fsp3) is 0.444. The lowest BCUT2D eigenvalue weighted by atomic mass is 9.79. The van der Waals surface area contributed by atoms with E-state index in [9.17, 15) is 9.18 Å². The van der Waals surface area contributed by atoms with Gasteiger partial charge in [0.05, 0.1) is 12.0 Å². The van der Waals surface area contributed by atoms with Gasteiger partial charge in [0.2, 0.25) is 5.91 Å². The average molecular weight is 363 g/mol. The zero-order valence-electron chi connectivity index (χ0n) is 14.2. The van der Waals surface area contributed by atoms with Gasteiger partial charge in [-0.15, -0.1) is 11.3 Å². The fourth-order valence-corrected chi connectivity index (χ4v) is 3.96. The molecule has 1 aromatic heterocycles. The molecular formula is C18H22FN3O2S. The van der Waals surface area contributed by atoms with Crippen LogP contribution in [0.2, 0.25) is 0 Å². The predicted molar refractivity (Wildman–Crippen MR) is 96.4 cm³/mol. The van der Waals surface area contributed by atoms with Crippen molar-refractivity contribution >= 4 is 22.4 Å². The largest absolute Gasteiger partial charge is 0.384 e. The van der Waals surface area contributed by atoms with E-state index in [4.69, 9.17) is 4.74 Å². The van der Waals surface area contributed by atoms with E-state index in [0.29, 0.717) is 23.7 Å². The second-order valence-electron chi connectivity index (χ2n) is 6.32. The van der Waals surface area contributed by atoms with Crippen molar-refractivity contribution in [2.45, 2.75) is 19.3 Å². The van der Waals surface area contributed by atoms with Crippen LogP contribution in [-0.4, -0.2) is 37.7 Å². The first kappa shape index (κ1) is 18.0. The maximum absolute atomic E-state index is 13.8. The van der Waals surface area contributed by atoms with Crippen LogP contribution in [0.1, 0.15) is 23.3 Å². The molecule has 7 heteroatoms. The molecule has 0 atom stereocenters. The number of carbonyl (C=O) groups excluding carboxylic acids is 1. The topological polar surface area (TPSA) is 63.2 Å². The summed E-state index contributed by atoms with van der Waals surface area (Å²) in [5.41, 5.74) is 0.107. The Bertz CT molecular complexity index is 723.